The lowest BCUT2D eigenvalue weighted by Gasteiger charge is -2.18. The van der Waals surface area contributed by atoms with Crippen molar-refractivity contribution in [3.63, 3.8) is 0 Å². The number of nitrogens with zero attached hydrogens (tertiary/aromatic N) is 1. The van der Waals surface area contributed by atoms with Gasteiger partial charge in [-0.2, -0.15) is 0 Å². The zero-order chi connectivity index (χ0) is 12.5. The fourth-order valence-corrected chi connectivity index (χ4v) is 2.39. The number of Topliss-reactive ketones (excluding diaryl/α,β-unsaturated/α-hetero) is 1. The molecule has 0 saturated carbocycles. The monoisotopic (exact) mass is 231 g/mol. The first-order chi connectivity index (χ1) is 7.96. The molecular formula is C15H21NO. The molecule has 0 aliphatic carbocycles. The molecule has 92 valence electrons. The van der Waals surface area contributed by atoms with Crippen LogP contribution in [0.5, 0.6) is 0 Å². The number of hydrogen-bond acceptors (Lipinski definition) is 2. The Kier molecular flexibility index (Phi) is 3.34. The average Bonchev–Trinajstić information content (AvgIpc) is 2.59. The van der Waals surface area contributed by atoms with Gasteiger partial charge in [-0.3, -0.25) is 9.69 Å². The number of carbonyl (C=O) groups excluding carboxylic acids is 1. The van der Waals surface area contributed by atoms with E-state index >= 15 is 0 Å². The zero-order valence-electron chi connectivity index (χ0n) is 11.0. The SMILES string of the molecule is Cc1ccc(C(=O)CN2CCC(C)(C)C2)cc1. The topological polar surface area (TPSA) is 20.3 Å². The van der Waals surface area contributed by atoms with Crippen LogP contribution in [0.25, 0.3) is 0 Å². The van der Waals surface area contributed by atoms with Gasteiger partial charge in [0.25, 0.3) is 0 Å². The molecule has 0 spiro atoms. The molecule has 1 saturated heterocycles. The summed E-state index contributed by atoms with van der Waals surface area (Å²) in [6.07, 6.45) is 1.19. The van der Waals surface area contributed by atoms with Crippen molar-refractivity contribution in [2.45, 2.75) is 27.2 Å². The predicted molar refractivity (Wildman–Crippen MR) is 70.3 cm³/mol. The summed E-state index contributed by atoms with van der Waals surface area (Å²) in [7, 11) is 0. The van der Waals surface area contributed by atoms with Crippen molar-refractivity contribution >= 4 is 5.78 Å². The molecule has 0 aromatic heterocycles. The third-order valence-electron chi connectivity index (χ3n) is 3.50. The van der Waals surface area contributed by atoms with Gasteiger partial charge in [0.2, 0.25) is 0 Å². The van der Waals surface area contributed by atoms with Crippen molar-refractivity contribution in [3.8, 4) is 0 Å². The van der Waals surface area contributed by atoms with Gasteiger partial charge < -0.3 is 0 Å². The number of hydrogen-bond donors (Lipinski definition) is 0. The Morgan fingerprint density at radius 3 is 2.47 bits per heavy atom. The number of carbonyl (C=O) groups is 1. The van der Waals surface area contributed by atoms with Crippen molar-refractivity contribution < 1.29 is 4.79 Å². The first-order valence-electron chi connectivity index (χ1n) is 6.28. The lowest BCUT2D eigenvalue weighted by Crippen LogP contribution is -2.29. The molecule has 0 unspecified atom stereocenters. The smallest absolute Gasteiger partial charge is 0.176 e. The number of aryl methyl sites for hydroxylation is 1. The number of rotatable bonds is 3. The normalized spacial score (nSPS) is 19.5. The second-order valence-electron chi connectivity index (χ2n) is 5.91. The molecular weight excluding hydrogens is 210 g/mol. The van der Waals surface area contributed by atoms with E-state index in [9.17, 15) is 4.79 Å². The van der Waals surface area contributed by atoms with Gasteiger partial charge >= 0.3 is 0 Å². The van der Waals surface area contributed by atoms with Gasteiger partial charge in [0.1, 0.15) is 0 Å². The minimum atomic E-state index is 0.239. The van der Waals surface area contributed by atoms with Crippen LogP contribution in [-0.2, 0) is 0 Å². The quantitative estimate of drug-likeness (QED) is 0.745. The number of likely N-dealkylation sites (tertiary alicyclic amines) is 1. The summed E-state index contributed by atoms with van der Waals surface area (Å²) < 4.78 is 0. The predicted octanol–water partition coefficient (Wildman–Crippen LogP) is 2.91. The van der Waals surface area contributed by atoms with Gasteiger partial charge in [-0.25, -0.2) is 0 Å². The first kappa shape index (κ1) is 12.3. The van der Waals surface area contributed by atoms with E-state index in [1.807, 2.05) is 31.2 Å². The van der Waals surface area contributed by atoms with Crippen LogP contribution in [0.1, 0.15) is 36.2 Å². The summed E-state index contributed by atoms with van der Waals surface area (Å²) in [6, 6.07) is 7.86. The van der Waals surface area contributed by atoms with E-state index in [1.54, 1.807) is 0 Å². The Bertz CT molecular complexity index is 405. The standard InChI is InChI=1S/C15H21NO/c1-12-4-6-13(7-5-12)14(17)10-16-9-8-15(2,3)11-16/h4-7H,8-11H2,1-3H3. The minimum absolute atomic E-state index is 0.239. The summed E-state index contributed by atoms with van der Waals surface area (Å²) in [5.74, 6) is 0.239. The fraction of sp³-hybridized carbons (Fsp3) is 0.533. The van der Waals surface area contributed by atoms with Crippen molar-refractivity contribution in [1.29, 1.82) is 0 Å². The zero-order valence-corrected chi connectivity index (χ0v) is 11.0. The Morgan fingerprint density at radius 1 is 1.29 bits per heavy atom. The summed E-state index contributed by atoms with van der Waals surface area (Å²) in [4.78, 5) is 14.3. The third-order valence-corrected chi connectivity index (χ3v) is 3.50. The second kappa shape index (κ2) is 4.61. The molecule has 0 amide bonds. The Hall–Kier alpha value is -1.15. The van der Waals surface area contributed by atoms with E-state index in [0.717, 1.165) is 18.7 Å². The fourth-order valence-electron chi connectivity index (χ4n) is 2.39. The molecule has 2 nitrogen and oxygen atoms in total. The third kappa shape index (κ3) is 3.16. The van der Waals surface area contributed by atoms with Crippen LogP contribution in [-0.4, -0.2) is 30.3 Å². The molecule has 2 heteroatoms. The summed E-state index contributed by atoms with van der Waals surface area (Å²) in [6.45, 7) is 9.21. The van der Waals surface area contributed by atoms with E-state index in [2.05, 4.69) is 18.7 Å². The molecule has 0 bridgehead atoms. The van der Waals surface area contributed by atoms with Crippen LogP contribution >= 0.6 is 0 Å². The molecule has 0 radical (unpaired) electrons. The van der Waals surface area contributed by atoms with Gasteiger partial charge in [-0.05, 0) is 25.3 Å². The Balaban J connectivity index is 1.96. The van der Waals surface area contributed by atoms with Crippen LogP contribution in [0.4, 0.5) is 0 Å². The summed E-state index contributed by atoms with van der Waals surface area (Å²) in [5.41, 5.74) is 2.40. The van der Waals surface area contributed by atoms with Crippen molar-refractivity contribution in [2.75, 3.05) is 19.6 Å². The number of benzene rings is 1. The first-order valence-corrected chi connectivity index (χ1v) is 6.28. The van der Waals surface area contributed by atoms with Crippen LogP contribution < -0.4 is 0 Å². The van der Waals surface area contributed by atoms with Gasteiger partial charge in [0, 0.05) is 12.1 Å². The molecule has 0 atom stereocenters. The lowest BCUT2D eigenvalue weighted by molar-refractivity contribution is 0.0940. The van der Waals surface area contributed by atoms with Crippen molar-refractivity contribution in [1.82, 2.24) is 4.90 Å². The van der Waals surface area contributed by atoms with E-state index < -0.39 is 0 Å². The van der Waals surface area contributed by atoms with E-state index in [0.29, 0.717) is 12.0 Å². The van der Waals surface area contributed by atoms with Crippen LogP contribution in [0.15, 0.2) is 24.3 Å². The Morgan fingerprint density at radius 2 is 1.94 bits per heavy atom. The molecule has 2 rings (SSSR count). The highest BCUT2D eigenvalue weighted by Gasteiger charge is 2.30. The van der Waals surface area contributed by atoms with Gasteiger partial charge in [-0.1, -0.05) is 43.7 Å². The maximum atomic E-state index is 12.1. The van der Waals surface area contributed by atoms with Gasteiger partial charge in [0.15, 0.2) is 5.78 Å². The highest BCUT2D eigenvalue weighted by atomic mass is 16.1. The minimum Gasteiger partial charge on any atom is -0.295 e. The van der Waals surface area contributed by atoms with Crippen LogP contribution in [0.2, 0.25) is 0 Å². The maximum absolute atomic E-state index is 12.1. The molecule has 1 aliphatic rings. The lowest BCUT2D eigenvalue weighted by atomic mass is 9.93. The Labute approximate surface area is 104 Å². The van der Waals surface area contributed by atoms with Crippen LogP contribution in [0.3, 0.4) is 0 Å². The molecule has 17 heavy (non-hydrogen) atoms. The van der Waals surface area contributed by atoms with E-state index in [-0.39, 0.29) is 5.78 Å². The number of ketones is 1. The highest BCUT2D eigenvalue weighted by Crippen LogP contribution is 2.28. The largest absolute Gasteiger partial charge is 0.295 e. The molecule has 1 fully saturated rings. The molecule has 1 heterocycles. The van der Waals surface area contributed by atoms with Gasteiger partial charge in [0.05, 0.1) is 6.54 Å². The second-order valence-corrected chi connectivity index (χ2v) is 5.91. The molecule has 0 N–H and O–H groups in total. The highest BCUT2D eigenvalue weighted by molar-refractivity contribution is 5.97. The van der Waals surface area contributed by atoms with E-state index in [4.69, 9.17) is 0 Å². The molecule has 1 aromatic rings. The maximum Gasteiger partial charge on any atom is 0.176 e. The molecule has 1 aromatic carbocycles. The van der Waals surface area contributed by atoms with Crippen LogP contribution in [0, 0.1) is 12.3 Å². The van der Waals surface area contributed by atoms with E-state index in [1.165, 1.54) is 12.0 Å². The summed E-state index contributed by atoms with van der Waals surface area (Å²) in [5, 5.41) is 0. The average molecular weight is 231 g/mol. The van der Waals surface area contributed by atoms with Crippen molar-refractivity contribution in [3.05, 3.63) is 35.4 Å². The van der Waals surface area contributed by atoms with Crippen molar-refractivity contribution in [2.24, 2.45) is 5.41 Å². The van der Waals surface area contributed by atoms with Gasteiger partial charge in [-0.15, -0.1) is 0 Å². The summed E-state index contributed by atoms with van der Waals surface area (Å²) >= 11 is 0. The molecule has 1 aliphatic heterocycles.